The Kier molecular flexibility index (Phi) is 5.75. The third-order valence-electron chi connectivity index (χ3n) is 3.01. The maximum absolute atomic E-state index is 12.3. The molecule has 0 aliphatic rings. The molecule has 1 aromatic heterocycles. The number of methoxy groups -OCH3 is 1. The molecule has 0 fully saturated rings. The van der Waals surface area contributed by atoms with Gasteiger partial charge in [-0.3, -0.25) is 9.78 Å². The monoisotopic (exact) mass is 340 g/mol. The maximum atomic E-state index is 12.3. The number of aromatic nitrogens is 1. The molecule has 1 heterocycles. The van der Waals surface area contributed by atoms with Crippen molar-refractivity contribution < 1.29 is 27.4 Å². The van der Waals surface area contributed by atoms with Crippen LogP contribution in [0.2, 0.25) is 0 Å². The third-order valence-corrected chi connectivity index (χ3v) is 3.01. The Morgan fingerprint density at radius 2 is 2.04 bits per heavy atom. The highest BCUT2D eigenvalue weighted by atomic mass is 19.4. The van der Waals surface area contributed by atoms with Gasteiger partial charge >= 0.3 is 6.36 Å². The molecule has 1 N–H and O–H groups in total. The van der Waals surface area contributed by atoms with Crippen LogP contribution >= 0.6 is 0 Å². The molecule has 0 radical (unpaired) electrons. The number of hydrogen-bond donors (Lipinski definition) is 1. The highest BCUT2D eigenvalue weighted by Gasteiger charge is 2.31. The molecule has 0 unspecified atom stereocenters. The average Bonchev–Trinajstić information content (AvgIpc) is 2.54. The summed E-state index contributed by atoms with van der Waals surface area (Å²) in [6, 6.07) is 9.51. The summed E-state index contributed by atoms with van der Waals surface area (Å²) in [7, 11) is 1.47. The predicted molar refractivity (Wildman–Crippen MR) is 79.4 cm³/mol. The van der Waals surface area contributed by atoms with Gasteiger partial charge in [0.1, 0.15) is 5.75 Å². The van der Waals surface area contributed by atoms with Crippen molar-refractivity contribution in [1.29, 1.82) is 0 Å². The van der Waals surface area contributed by atoms with Gasteiger partial charge in [-0.05, 0) is 30.3 Å². The average molecular weight is 340 g/mol. The van der Waals surface area contributed by atoms with Gasteiger partial charge in [-0.2, -0.15) is 0 Å². The molecule has 0 spiro atoms. The number of alkyl halides is 3. The van der Waals surface area contributed by atoms with Gasteiger partial charge in [-0.15, -0.1) is 13.2 Å². The first kappa shape index (κ1) is 17.7. The Labute approximate surface area is 136 Å². The van der Waals surface area contributed by atoms with Crippen molar-refractivity contribution in [1.82, 2.24) is 10.3 Å². The SMILES string of the molecule is COC[C@H](NC(=O)c1cccc(OC(F)(F)F)c1)c1ccccn1. The second-order valence-electron chi connectivity index (χ2n) is 4.81. The first-order valence-corrected chi connectivity index (χ1v) is 6.95. The minimum Gasteiger partial charge on any atom is -0.406 e. The van der Waals surface area contributed by atoms with Gasteiger partial charge in [-0.25, -0.2) is 0 Å². The van der Waals surface area contributed by atoms with Gasteiger partial charge in [0, 0.05) is 18.9 Å². The molecule has 1 amide bonds. The Hall–Kier alpha value is -2.61. The molecule has 128 valence electrons. The van der Waals surface area contributed by atoms with Crippen molar-refractivity contribution >= 4 is 5.91 Å². The lowest BCUT2D eigenvalue weighted by Gasteiger charge is -2.17. The molecule has 2 rings (SSSR count). The Balaban J connectivity index is 2.14. The summed E-state index contributed by atoms with van der Waals surface area (Å²) >= 11 is 0. The van der Waals surface area contributed by atoms with E-state index in [2.05, 4.69) is 15.0 Å². The molecule has 2 aromatic rings. The number of ether oxygens (including phenoxy) is 2. The van der Waals surface area contributed by atoms with Crippen LogP contribution in [-0.4, -0.2) is 31.0 Å². The van der Waals surface area contributed by atoms with Crippen LogP contribution in [0.3, 0.4) is 0 Å². The number of carbonyl (C=O) groups is 1. The summed E-state index contributed by atoms with van der Waals surface area (Å²) in [5.41, 5.74) is 0.615. The third kappa shape index (κ3) is 5.24. The lowest BCUT2D eigenvalue weighted by atomic mass is 10.1. The second-order valence-corrected chi connectivity index (χ2v) is 4.81. The summed E-state index contributed by atoms with van der Waals surface area (Å²) < 4.78 is 45.6. The van der Waals surface area contributed by atoms with E-state index in [0.717, 1.165) is 12.1 Å². The highest BCUT2D eigenvalue weighted by Crippen LogP contribution is 2.23. The zero-order valence-corrected chi connectivity index (χ0v) is 12.7. The fourth-order valence-corrected chi connectivity index (χ4v) is 2.03. The molecular weight excluding hydrogens is 325 g/mol. The van der Waals surface area contributed by atoms with E-state index in [-0.39, 0.29) is 12.2 Å². The van der Waals surface area contributed by atoms with E-state index in [1.54, 1.807) is 24.4 Å². The minimum atomic E-state index is -4.82. The molecular formula is C16H15F3N2O3. The first-order chi connectivity index (χ1) is 11.4. The van der Waals surface area contributed by atoms with E-state index in [9.17, 15) is 18.0 Å². The maximum Gasteiger partial charge on any atom is 0.573 e. The fourth-order valence-electron chi connectivity index (χ4n) is 2.03. The van der Waals surface area contributed by atoms with Crippen LogP contribution in [0.1, 0.15) is 22.1 Å². The van der Waals surface area contributed by atoms with Crippen LogP contribution in [-0.2, 0) is 4.74 Å². The van der Waals surface area contributed by atoms with Crippen LogP contribution in [0.5, 0.6) is 5.75 Å². The van der Waals surface area contributed by atoms with E-state index in [1.807, 2.05) is 0 Å². The van der Waals surface area contributed by atoms with Crippen LogP contribution in [0.4, 0.5) is 13.2 Å². The fraction of sp³-hybridized carbons (Fsp3) is 0.250. The van der Waals surface area contributed by atoms with Crippen molar-refractivity contribution in [2.24, 2.45) is 0 Å². The Bertz CT molecular complexity index is 678. The van der Waals surface area contributed by atoms with Crippen molar-refractivity contribution in [3.63, 3.8) is 0 Å². The lowest BCUT2D eigenvalue weighted by Crippen LogP contribution is -2.32. The van der Waals surface area contributed by atoms with E-state index >= 15 is 0 Å². The normalized spacial score (nSPS) is 12.5. The zero-order chi connectivity index (χ0) is 17.6. The molecule has 0 saturated heterocycles. The smallest absolute Gasteiger partial charge is 0.406 e. The molecule has 0 aliphatic heterocycles. The molecule has 1 aromatic carbocycles. The van der Waals surface area contributed by atoms with Crippen LogP contribution in [0.15, 0.2) is 48.7 Å². The van der Waals surface area contributed by atoms with Gasteiger partial charge in [0.2, 0.25) is 0 Å². The summed E-state index contributed by atoms with van der Waals surface area (Å²) in [6.45, 7) is 0.168. The molecule has 8 heteroatoms. The van der Waals surface area contributed by atoms with Gasteiger partial charge in [0.05, 0.1) is 18.3 Å². The molecule has 0 aliphatic carbocycles. The van der Waals surface area contributed by atoms with Crippen molar-refractivity contribution in [3.05, 3.63) is 59.9 Å². The number of hydrogen-bond acceptors (Lipinski definition) is 4. The van der Waals surface area contributed by atoms with E-state index < -0.39 is 24.1 Å². The van der Waals surface area contributed by atoms with Crippen LogP contribution in [0.25, 0.3) is 0 Å². The summed E-state index contributed by atoms with van der Waals surface area (Å²) in [4.78, 5) is 16.4. The Morgan fingerprint density at radius 1 is 1.25 bits per heavy atom. The number of benzene rings is 1. The van der Waals surface area contributed by atoms with Crippen molar-refractivity contribution in [2.45, 2.75) is 12.4 Å². The Morgan fingerprint density at radius 3 is 2.67 bits per heavy atom. The topological polar surface area (TPSA) is 60.5 Å². The molecule has 24 heavy (non-hydrogen) atoms. The molecule has 5 nitrogen and oxygen atoms in total. The second kappa shape index (κ2) is 7.78. The summed E-state index contributed by atoms with van der Waals surface area (Å²) in [5, 5.41) is 2.68. The highest BCUT2D eigenvalue weighted by molar-refractivity contribution is 5.94. The largest absolute Gasteiger partial charge is 0.573 e. The number of pyridine rings is 1. The number of rotatable bonds is 6. The van der Waals surface area contributed by atoms with E-state index in [1.165, 1.54) is 19.2 Å². The number of nitrogens with one attached hydrogen (secondary N) is 1. The van der Waals surface area contributed by atoms with Gasteiger partial charge in [0.25, 0.3) is 5.91 Å². The zero-order valence-electron chi connectivity index (χ0n) is 12.7. The van der Waals surface area contributed by atoms with Crippen molar-refractivity contribution in [2.75, 3.05) is 13.7 Å². The summed E-state index contributed by atoms with van der Waals surface area (Å²) in [5.74, 6) is -1.02. The van der Waals surface area contributed by atoms with Gasteiger partial charge in [-0.1, -0.05) is 12.1 Å². The van der Waals surface area contributed by atoms with Gasteiger partial charge < -0.3 is 14.8 Å². The predicted octanol–water partition coefficient (Wildman–Crippen LogP) is 3.10. The minimum absolute atomic E-state index is 0.0359. The summed E-state index contributed by atoms with van der Waals surface area (Å²) in [6.07, 6.45) is -3.25. The number of halogens is 3. The van der Waals surface area contributed by atoms with E-state index in [4.69, 9.17) is 4.74 Å². The van der Waals surface area contributed by atoms with Gasteiger partial charge in [0.15, 0.2) is 0 Å². The molecule has 1 atom stereocenters. The number of nitrogens with zero attached hydrogens (tertiary/aromatic N) is 1. The van der Waals surface area contributed by atoms with Crippen LogP contribution < -0.4 is 10.1 Å². The van der Waals surface area contributed by atoms with Crippen molar-refractivity contribution in [3.8, 4) is 5.75 Å². The lowest BCUT2D eigenvalue weighted by molar-refractivity contribution is -0.274. The number of amides is 1. The molecule has 0 bridgehead atoms. The molecule has 0 saturated carbocycles. The van der Waals surface area contributed by atoms with E-state index in [0.29, 0.717) is 5.69 Å². The first-order valence-electron chi connectivity index (χ1n) is 6.95. The quantitative estimate of drug-likeness (QED) is 0.878. The standard InChI is InChI=1S/C16H15F3N2O3/c1-23-10-14(13-7-2-3-8-20-13)21-15(22)11-5-4-6-12(9-11)24-16(17,18)19/h2-9,14H,10H2,1H3,(H,21,22)/t14-/m0/s1. The van der Waals surface area contributed by atoms with Crippen LogP contribution in [0, 0.1) is 0 Å². The number of carbonyl (C=O) groups excluding carboxylic acids is 1.